The van der Waals surface area contributed by atoms with Crippen LogP contribution in [0.5, 0.6) is 0 Å². The van der Waals surface area contributed by atoms with E-state index in [1.165, 1.54) is 16.2 Å². The van der Waals surface area contributed by atoms with E-state index in [9.17, 15) is 0 Å². The van der Waals surface area contributed by atoms with Gasteiger partial charge in [0.2, 0.25) is 0 Å². The van der Waals surface area contributed by atoms with Crippen molar-refractivity contribution in [2.45, 2.75) is 41.8 Å². The minimum absolute atomic E-state index is 0.257. The molecule has 3 atom stereocenters. The van der Waals surface area contributed by atoms with E-state index in [0.717, 1.165) is 5.76 Å². The molecule has 1 unspecified atom stereocenters. The van der Waals surface area contributed by atoms with Crippen LogP contribution in [0.2, 0.25) is 0 Å². The summed E-state index contributed by atoms with van der Waals surface area (Å²) in [5.74, 6) is 1.01. The van der Waals surface area contributed by atoms with Crippen molar-refractivity contribution in [1.29, 1.82) is 0 Å². The van der Waals surface area contributed by atoms with Crippen molar-refractivity contribution >= 4 is 23.1 Å². The number of nitrogens with one attached hydrogen (secondary N) is 1. The molecule has 0 aliphatic carbocycles. The average molecular weight is 279 g/mol. The van der Waals surface area contributed by atoms with Gasteiger partial charge in [0.05, 0.1) is 16.5 Å². The summed E-state index contributed by atoms with van der Waals surface area (Å²) in [5.41, 5.74) is 1.46. The molecule has 0 amide bonds. The largest absolute Gasteiger partial charge is 0.468 e. The Balaban J connectivity index is 1.78. The lowest BCUT2D eigenvalue weighted by Crippen LogP contribution is -2.28. The molecule has 2 aromatic rings. The zero-order valence-corrected chi connectivity index (χ0v) is 12.2. The second-order valence-electron chi connectivity index (χ2n) is 4.78. The van der Waals surface area contributed by atoms with Crippen LogP contribution in [0.25, 0.3) is 0 Å². The maximum Gasteiger partial charge on any atom is 0.120 e. The number of rotatable bonds is 3. The van der Waals surface area contributed by atoms with E-state index in [4.69, 9.17) is 4.42 Å². The Morgan fingerprint density at radius 2 is 2.33 bits per heavy atom. The van der Waals surface area contributed by atoms with E-state index >= 15 is 0 Å². The van der Waals surface area contributed by atoms with Crippen LogP contribution in [0.4, 0.5) is 0 Å². The van der Waals surface area contributed by atoms with Gasteiger partial charge in [0.15, 0.2) is 0 Å². The summed E-state index contributed by atoms with van der Waals surface area (Å²) in [6.45, 7) is 4.47. The highest BCUT2D eigenvalue weighted by atomic mass is 32.2. The topological polar surface area (TPSA) is 25.2 Å². The fourth-order valence-corrected chi connectivity index (χ4v) is 5.00. The molecular formula is C14H17NOS2. The average Bonchev–Trinajstić information content (AvgIpc) is 2.98. The highest BCUT2D eigenvalue weighted by Gasteiger charge is 2.27. The van der Waals surface area contributed by atoms with E-state index in [2.05, 4.69) is 30.6 Å². The Morgan fingerprint density at radius 1 is 1.44 bits per heavy atom. The first kappa shape index (κ1) is 12.3. The van der Waals surface area contributed by atoms with Crippen molar-refractivity contribution in [2.24, 2.45) is 0 Å². The molecule has 96 valence electrons. The van der Waals surface area contributed by atoms with Crippen LogP contribution in [0.3, 0.4) is 0 Å². The third kappa shape index (κ3) is 2.37. The Hall–Kier alpha value is -0.710. The van der Waals surface area contributed by atoms with Gasteiger partial charge in [-0.15, -0.1) is 23.1 Å². The van der Waals surface area contributed by atoms with Crippen molar-refractivity contribution < 1.29 is 4.42 Å². The first-order valence-electron chi connectivity index (χ1n) is 6.27. The van der Waals surface area contributed by atoms with Crippen LogP contribution in [-0.4, -0.2) is 5.25 Å². The van der Waals surface area contributed by atoms with Gasteiger partial charge in [-0.25, -0.2) is 0 Å². The quantitative estimate of drug-likeness (QED) is 0.887. The number of furan rings is 1. The molecule has 2 nitrogen and oxygen atoms in total. The SMILES string of the molecule is C[C@H](NC1C[C@H](C)Sc2sccc21)c1ccco1. The Morgan fingerprint density at radius 3 is 3.11 bits per heavy atom. The van der Waals surface area contributed by atoms with Crippen molar-refractivity contribution in [3.05, 3.63) is 41.2 Å². The van der Waals surface area contributed by atoms with Gasteiger partial charge in [-0.05, 0) is 42.5 Å². The minimum atomic E-state index is 0.257. The molecule has 0 saturated carbocycles. The molecule has 0 radical (unpaired) electrons. The maximum atomic E-state index is 5.47. The molecule has 3 heterocycles. The Kier molecular flexibility index (Phi) is 3.50. The molecule has 1 N–H and O–H groups in total. The lowest BCUT2D eigenvalue weighted by atomic mass is 10.0. The van der Waals surface area contributed by atoms with Gasteiger partial charge in [-0.1, -0.05) is 6.92 Å². The fourth-order valence-electron chi connectivity index (χ4n) is 2.43. The predicted octanol–water partition coefficient (Wildman–Crippen LogP) is 4.62. The Labute approximate surface area is 116 Å². The standard InChI is InChI=1S/C14H17NOS2/c1-9-8-12(11-5-7-17-14(11)18-9)15-10(2)13-4-3-6-16-13/h3-7,9-10,12,15H,8H2,1-2H3/t9-,10-,12?/m0/s1. The second kappa shape index (κ2) is 5.11. The summed E-state index contributed by atoms with van der Waals surface area (Å²) in [6, 6.07) is 6.94. The maximum absolute atomic E-state index is 5.47. The van der Waals surface area contributed by atoms with Crippen molar-refractivity contribution in [3.63, 3.8) is 0 Å². The lowest BCUT2D eigenvalue weighted by molar-refractivity contribution is 0.377. The molecule has 0 fully saturated rings. The van der Waals surface area contributed by atoms with E-state index < -0.39 is 0 Å². The van der Waals surface area contributed by atoms with E-state index in [-0.39, 0.29) is 6.04 Å². The first-order valence-corrected chi connectivity index (χ1v) is 8.03. The third-order valence-electron chi connectivity index (χ3n) is 3.33. The Bertz CT molecular complexity index is 506. The molecule has 3 rings (SSSR count). The number of fused-ring (bicyclic) bond motifs is 1. The zero-order chi connectivity index (χ0) is 12.5. The van der Waals surface area contributed by atoms with Crippen LogP contribution in [0.1, 0.15) is 43.7 Å². The van der Waals surface area contributed by atoms with Gasteiger partial charge in [0.25, 0.3) is 0 Å². The summed E-state index contributed by atoms with van der Waals surface area (Å²) < 4.78 is 6.94. The molecule has 18 heavy (non-hydrogen) atoms. The predicted molar refractivity (Wildman–Crippen MR) is 77.3 cm³/mol. The van der Waals surface area contributed by atoms with Crippen LogP contribution in [-0.2, 0) is 0 Å². The summed E-state index contributed by atoms with van der Waals surface area (Å²) in [4.78, 5) is 0. The molecule has 0 aromatic carbocycles. The zero-order valence-electron chi connectivity index (χ0n) is 10.6. The molecule has 2 aromatic heterocycles. The van der Waals surface area contributed by atoms with Crippen LogP contribution in [0, 0.1) is 0 Å². The minimum Gasteiger partial charge on any atom is -0.468 e. The van der Waals surface area contributed by atoms with Crippen molar-refractivity contribution in [2.75, 3.05) is 0 Å². The fraction of sp³-hybridized carbons (Fsp3) is 0.429. The van der Waals surface area contributed by atoms with Gasteiger partial charge < -0.3 is 9.73 Å². The van der Waals surface area contributed by atoms with Crippen molar-refractivity contribution in [1.82, 2.24) is 5.32 Å². The van der Waals surface area contributed by atoms with E-state index in [0.29, 0.717) is 11.3 Å². The summed E-state index contributed by atoms with van der Waals surface area (Å²) >= 11 is 3.86. The third-order valence-corrected chi connectivity index (χ3v) is 5.67. The van der Waals surface area contributed by atoms with E-state index in [1.54, 1.807) is 6.26 Å². The molecule has 0 saturated heterocycles. The van der Waals surface area contributed by atoms with Gasteiger partial charge >= 0.3 is 0 Å². The summed E-state index contributed by atoms with van der Waals surface area (Å²) in [6.07, 6.45) is 2.92. The number of thiophene rings is 1. The monoisotopic (exact) mass is 279 g/mol. The van der Waals surface area contributed by atoms with Gasteiger partial charge in [-0.3, -0.25) is 0 Å². The molecule has 0 bridgehead atoms. The normalized spacial score (nSPS) is 24.8. The molecular weight excluding hydrogens is 262 g/mol. The number of hydrogen-bond acceptors (Lipinski definition) is 4. The van der Waals surface area contributed by atoms with Crippen LogP contribution in [0.15, 0.2) is 38.5 Å². The highest BCUT2D eigenvalue weighted by Crippen LogP contribution is 2.44. The van der Waals surface area contributed by atoms with Crippen LogP contribution >= 0.6 is 23.1 Å². The number of hydrogen-bond donors (Lipinski definition) is 1. The molecule has 1 aliphatic rings. The van der Waals surface area contributed by atoms with Gasteiger partial charge in [0, 0.05) is 11.3 Å². The summed E-state index contributed by atoms with van der Waals surface area (Å²) in [5, 5.41) is 6.57. The smallest absolute Gasteiger partial charge is 0.120 e. The molecule has 4 heteroatoms. The molecule has 0 spiro atoms. The summed E-state index contributed by atoms with van der Waals surface area (Å²) in [7, 11) is 0. The van der Waals surface area contributed by atoms with Gasteiger partial charge in [-0.2, -0.15) is 0 Å². The van der Waals surface area contributed by atoms with E-state index in [1.807, 2.05) is 35.2 Å². The second-order valence-corrected chi connectivity index (χ2v) is 7.41. The van der Waals surface area contributed by atoms with Crippen LogP contribution < -0.4 is 5.32 Å². The van der Waals surface area contributed by atoms with Crippen molar-refractivity contribution in [3.8, 4) is 0 Å². The molecule has 1 aliphatic heterocycles. The first-order chi connectivity index (χ1) is 8.74. The number of thioether (sulfide) groups is 1. The van der Waals surface area contributed by atoms with Gasteiger partial charge in [0.1, 0.15) is 5.76 Å². The lowest BCUT2D eigenvalue weighted by Gasteiger charge is -2.29. The highest BCUT2D eigenvalue weighted by molar-refractivity contribution is 8.01.